The molecule has 0 fully saturated rings. The molecular formula is C20H21N3O4. The van der Waals surface area contributed by atoms with Crippen LogP contribution in [0.2, 0.25) is 0 Å². The number of ether oxygens (including phenoxy) is 1. The maximum Gasteiger partial charge on any atom is 0.321 e. The molecule has 2 aliphatic heterocycles. The summed E-state index contributed by atoms with van der Waals surface area (Å²) in [6.07, 6.45) is 0. The number of nitrogens with one attached hydrogen (secondary N) is 1. The van der Waals surface area contributed by atoms with Gasteiger partial charge in [-0.3, -0.25) is 10.0 Å². The predicted octanol–water partition coefficient (Wildman–Crippen LogP) is 2.52. The van der Waals surface area contributed by atoms with Crippen molar-refractivity contribution in [1.82, 2.24) is 15.3 Å². The van der Waals surface area contributed by atoms with Crippen LogP contribution in [0, 0.1) is 0 Å². The van der Waals surface area contributed by atoms with Gasteiger partial charge in [0.1, 0.15) is 12.4 Å². The second-order valence-corrected chi connectivity index (χ2v) is 6.96. The highest BCUT2D eigenvalue weighted by atomic mass is 16.5. The molecule has 2 aromatic carbocycles. The average Bonchev–Trinajstić information content (AvgIpc) is 3.06. The van der Waals surface area contributed by atoms with E-state index in [1.807, 2.05) is 28.9 Å². The highest BCUT2D eigenvalue weighted by Crippen LogP contribution is 2.29. The summed E-state index contributed by atoms with van der Waals surface area (Å²) < 4.78 is 5.83. The predicted molar refractivity (Wildman–Crippen MR) is 97.3 cm³/mol. The van der Waals surface area contributed by atoms with Gasteiger partial charge in [-0.15, -0.1) is 0 Å². The van der Waals surface area contributed by atoms with Gasteiger partial charge in [0.25, 0.3) is 5.91 Å². The first-order valence-corrected chi connectivity index (χ1v) is 8.89. The van der Waals surface area contributed by atoms with E-state index in [9.17, 15) is 9.59 Å². The Labute approximate surface area is 157 Å². The van der Waals surface area contributed by atoms with Crippen molar-refractivity contribution in [3.63, 3.8) is 0 Å². The van der Waals surface area contributed by atoms with Crippen LogP contribution in [0.5, 0.6) is 5.75 Å². The summed E-state index contributed by atoms with van der Waals surface area (Å²) in [5.41, 5.74) is 5.13. The molecule has 1 atom stereocenters. The second-order valence-electron chi connectivity index (χ2n) is 6.96. The standard InChI is InChI=1S/C20H21N3O4/c1-13-12-27-18-8-14(19(24)21-26)6-7-17(18)11-23(13)20(25)22-9-15-4-2-3-5-16(15)10-22/h2-8,13,26H,9-12H2,1H3,(H,21,24)/t13-/m0/s1. The van der Waals surface area contributed by atoms with Crippen LogP contribution in [0.15, 0.2) is 42.5 Å². The molecule has 7 heteroatoms. The van der Waals surface area contributed by atoms with Crippen molar-refractivity contribution in [2.75, 3.05) is 6.61 Å². The zero-order valence-corrected chi connectivity index (χ0v) is 15.0. The van der Waals surface area contributed by atoms with Gasteiger partial charge in [-0.1, -0.05) is 30.3 Å². The molecule has 4 rings (SSSR count). The quantitative estimate of drug-likeness (QED) is 0.599. The molecule has 3 amide bonds. The molecule has 2 N–H and O–H groups in total. The first-order chi connectivity index (χ1) is 13.1. The number of benzene rings is 2. The van der Waals surface area contributed by atoms with Gasteiger partial charge < -0.3 is 14.5 Å². The van der Waals surface area contributed by atoms with E-state index in [1.54, 1.807) is 23.7 Å². The lowest BCUT2D eigenvalue weighted by Crippen LogP contribution is -2.46. The number of hydroxylamine groups is 1. The van der Waals surface area contributed by atoms with Gasteiger partial charge in [0.2, 0.25) is 0 Å². The molecule has 0 aliphatic carbocycles. The second kappa shape index (κ2) is 6.92. The van der Waals surface area contributed by atoms with Crippen LogP contribution in [-0.2, 0) is 19.6 Å². The molecule has 2 aromatic rings. The van der Waals surface area contributed by atoms with Gasteiger partial charge in [0.05, 0.1) is 12.6 Å². The molecule has 0 spiro atoms. The van der Waals surface area contributed by atoms with Gasteiger partial charge in [0.15, 0.2) is 0 Å². The van der Waals surface area contributed by atoms with Gasteiger partial charge in [-0.05, 0) is 30.2 Å². The minimum Gasteiger partial charge on any atom is -0.491 e. The van der Waals surface area contributed by atoms with Gasteiger partial charge >= 0.3 is 6.03 Å². The van der Waals surface area contributed by atoms with Gasteiger partial charge in [0, 0.05) is 24.2 Å². The average molecular weight is 367 g/mol. The maximum absolute atomic E-state index is 13.2. The van der Waals surface area contributed by atoms with E-state index in [4.69, 9.17) is 9.94 Å². The Bertz CT molecular complexity index is 874. The van der Waals surface area contributed by atoms with Crippen molar-refractivity contribution < 1.29 is 19.5 Å². The number of amides is 3. The molecule has 0 saturated heterocycles. The molecule has 140 valence electrons. The zero-order chi connectivity index (χ0) is 19.0. The van der Waals surface area contributed by atoms with E-state index in [0.717, 1.165) is 5.56 Å². The molecule has 0 saturated carbocycles. The number of hydrogen-bond acceptors (Lipinski definition) is 4. The molecule has 7 nitrogen and oxygen atoms in total. The number of nitrogens with zero attached hydrogens (tertiary/aromatic N) is 2. The monoisotopic (exact) mass is 367 g/mol. The molecule has 0 aromatic heterocycles. The molecule has 27 heavy (non-hydrogen) atoms. The third-order valence-corrected chi connectivity index (χ3v) is 5.14. The van der Waals surface area contributed by atoms with E-state index >= 15 is 0 Å². The minimum atomic E-state index is -0.596. The van der Waals surface area contributed by atoms with E-state index in [0.29, 0.717) is 37.6 Å². The molecule has 0 bridgehead atoms. The number of urea groups is 1. The van der Waals surface area contributed by atoms with Crippen molar-refractivity contribution >= 4 is 11.9 Å². The highest BCUT2D eigenvalue weighted by molar-refractivity contribution is 5.93. The highest BCUT2D eigenvalue weighted by Gasteiger charge is 2.32. The number of hydrogen-bond donors (Lipinski definition) is 2. The van der Waals surface area contributed by atoms with E-state index in [2.05, 4.69) is 12.1 Å². The first kappa shape index (κ1) is 17.4. The lowest BCUT2D eigenvalue weighted by Gasteiger charge is -2.30. The van der Waals surface area contributed by atoms with Gasteiger partial charge in [-0.2, -0.15) is 0 Å². The minimum absolute atomic E-state index is 0.0210. The summed E-state index contributed by atoms with van der Waals surface area (Å²) in [6.45, 7) is 3.92. The van der Waals surface area contributed by atoms with Gasteiger partial charge in [-0.25, -0.2) is 10.3 Å². The normalized spacial score (nSPS) is 18.2. The Morgan fingerprint density at radius 2 is 1.78 bits per heavy atom. The lowest BCUT2D eigenvalue weighted by atomic mass is 10.1. The SMILES string of the molecule is C[C@H]1COc2cc(C(=O)NO)ccc2CN1C(=O)N1Cc2ccccc2C1. The van der Waals surface area contributed by atoms with Crippen LogP contribution in [0.1, 0.15) is 34.0 Å². The van der Waals surface area contributed by atoms with Crippen LogP contribution in [0.25, 0.3) is 0 Å². The van der Waals surface area contributed by atoms with Crippen molar-refractivity contribution in [2.45, 2.75) is 32.6 Å². The smallest absolute Gasteiger partial charge is 0.321 e. The number of carbonyl (C=O) groups is 2. The Hall–Kier alpha value is -3.06. The fraction of sp³-hybridized carbons (Fsp3) is 0.300. The summed E-state index contributed by atoms with van der Waals surface area (Å²) in [6, 6.07) is 12.9. The Morgan fingerprint density at radius 3 is 2.44 bits per heavy atom. The third-order valence-electron chi connectivity index (χ3n) is 5.14. The first-order valence-electron chi connectivity index (χ1n) is 8.89. The maximum atomic E-state index is 13.2. The molecule has 0 radical (unpaired) electrons. The summed E-state index contributed by atoms with van der Waals surface area (Å²) >= 11 is 0. The lowest BCUT2D eigenvalue weighted by molar-refractivity contribution is 0.0706. The van der Waals surface area contributed by atoms with Crippen LogP contribution in [0.3, 0.4) is 0 Å². The summed E-state index contributed by atoms with van der Waals surface area (Å²) in [7, 11) is 0. The molecular weight excluding hydrogens is 346 g/mol. The van der Waals surface area contributed by atoms with Crippen LogP contribution in [-0.4, -0.2) is 39.6 Å². The number of carbonyl (C=O) groups excluding carboxylic acids is 2. The fourth-order valence-corrected chi connectivity index (χ4v) is 3.57. The van der Waals surface area contributed by atoms with Crippen molar-refractivity contribution in [3.8, 4) is 5.75 Å². The summed E-state index contributed by atoms with van der Waals surface area (Å²) in [4.78, 5) is 28.4. The number of fused-ring (bicyclic) bond motifs is 2. The number of rotatable bonds is 1. The van der Waals surface area contributed by atoms with Crippen molar-refractivity contribution in [3.05, 3.63) is 64.7 Å². The summed E-state index contributed by atoms with van der Waals surface area (Å²) in [5.74, 6) is -0.0376. The van der Waals surface area contributed by atoms with E-state index in [-0.39, 0.29) is 12.1 Å². The summed E-state index contributed by atoms with van der Waals surface area (Å²) in [5, 5.41) is 8.80. The Morgan fingerprint density at radius 1 is 1.07 bits per heavy atom. The van der Waals surface area contributed by atoms with E-state index < -0.39 is 5.91 Å². The molecule has 2 aliphatic rings. The largest absolute Gasteiger partial charge is 0.491 e. The Balaban J connectivity index is 1.55. The van der Waals surface area contributed by atoms with Crippen molar-refractivity contribution in [2.24, 2.45) is 0 Å². The van der Waals surface area contributed by atoms with Crippen molar-refractivity contribution in [1.29, 1.82) is 0 Å². The molecule has 0 unspecified atom stereocenters. The topological polar surface area (TPSA) is 82.1 Å². The Kier molecular flexibility index (Phi) is 4.45. The van der Waals surface area contributed by atoms with E-state index in [1.165, 1.54) is 11.1 Å². The fourth-order valence-electron chi connectivity index (χ4n) is 3.57. The van der Waals surface area contributed by atoms with Crippen LogP contribution < -0.4 is 10.2 Å². The van der Waals surface area contributed by atoms with Crippen LogP contribution >= 0.6 is 0 Å². The third kappa shape index (κ3) is 3.21. The zero-order valence-electron chi connectivity index (χ0n) is 15.0. The van der Waals surface area contributed by atoms with Crippen LogP contribution in [0.4, 0.5) is 4.79 Å². The molecule has 2 heterocycles.